The van der Waals surface area contributed by atoms with E-state index in [-0.39, 0.29) is 5.54 Å². The quantitative estimate of drug-likeness (QED) is 0.849. The number of halogens is 1. The highest BCUT2D eigenvalue weighted by atomic mass is 79.9. The first-order valence-electron chi connectivity index (χ1n) is 7.09. The summed E-state index contributed by atoms with van der Waals surface area (Å²) in [7, 11) is 0. The molecule has 0 amide bonds. The van der Waals surface area contributed by atoms with Crippen molar-refractivity contribution in [3.63, 3.8) is 0 Å². The molecule has 0 aromatic heterocycles. The lowest BCUT2D eigenvalue weighted by atomic mass is 9.69. The van der Waals surface area contributed by atoms with Crippen LogP contribution in [0.5, 0.6) is 0 Å². The predicted octanol–water partition coefficient (Wildman–Crippen LogP) is 4.84. The van der Waals surface area contributed by atoms with Crippen molar-refractivity contribution in [1.82, 2.24) is 0 Å². The molecule has 18 heavy (non-hydrogen) atoms. The summed E-state index contributed by atoms with van der Waals surface area (Å²) in [6.07, 6.45) is 6.60. The van der Waals surface area contributed by atoms with Crippen molar-refractivity contribution < 1.29 is 0 Å². The van der Waals surface area contributed by atoms with Crippen LogP contribution < -0.4 is 5.73 Å². The average Bonchev–Trinajstić information content (AvgIpc) is 2.39. The highest BCUT2D eigenvalue weighted by molar-refractivity contribution is 9.10. The first-order valence-corrected chi connectivity index (χ1v) is 7.88. The minimum atomic E-state index is -0.186. The molecule has 2 N–H and O–H groups in total. The molecule has 0 saturated heterocycles. The van der Waals surface area contributed by atoms with Crippen LogP contribution in [-0.2, 0) is 5.54 Å². The zero-order valence-electron chi connectivity index (χ0n) is 11.5. The van der Waals surface area contributed by atoms with Crippen molar-refractivity contribution >= 4 is 15.9 Å². The Morgan fingerprint density at radius 1 is 1.28 bits per heavy atom. The summed E-state index contributed by atoms with van der Waals surface area (Å²) >= 11 is 3.49. The standard InChI is InChI=1S/C16H24BrN/c1-3-12-5-4-6-14(11-12)16(2,18)13-7-9-15(17)10-8-13/h7-10,12,14H,3-6,11,18H2,1-2H3. The van der Waals surface area contributed by atoms with Gasteiger partial charge in [0, 0.05) is 10.0 Å². The van der Waals surface area contributed by atoms with Gasteiger partial charge in [0.15, 0.2) is 0 Å². The second-order valence-electron chi connectivity index (χ2n) is 5.93. The zero-order chi connectivity index (χ0) is 13.2. The molecule has 1 aromatic carbocycles. The lowest BCUT2D eigenvalue weighted by molar-refractivity contribution is 0.173. The van der Waals surface area contributed by atoms with Crippen molar-refractivity contribution in [2.24, 2.45) is 17.6 Å². The smallest absolute Gasteiger partial charge is 0.0409 e. The van der Waals surface area contributed by atoms with Gasteiger partial charge in [0.1, 0.15) is 0 Å². The average molecular weight is 310 g/mol. The zero-order valence-corrected chi connectivity index (χ0v) is 13.0. The minimum Gasteiger partial charge on any atom is -0.321 e. The van der Waals surface area contributed by atoms with Crippen molar-refractivity contribution in [2.75, 3.05) is 0 Å². The van der Waals surface area contributed by atoms with E-state index in [2.05, 4.69) is 54.0 Å². The lowest BCUT2D eigenvalue weighted by Gasteiger charge is -2.40. The molecular weight excluding hydrogens is 286 g/mol. The van der Waals surface area contributed by atoms with Crippen LogP contribution in [0.15, 0.2) is 28.7 Å². The third kappa shape index (κ3) is 2.97. The van der Waals surface area contributed by atoms with Crippen LogP contribution in [0.1, 0.15) is 51.5 Å². The van der Waals surface area contributed by atoms with Gasteiger partial charge >= 0.3 is 0 Å². The Hall–Kier alpha value is -0.340. The summed E-state index contributed by atoms with van der Waals surface area (Å²) in [6, 6.07) is 8.53. The summed E-state index contributed by atoms with van der Waals surface area (Å²) in [5, 5.41) is 0. The van der Waals surface area contributed by atoms with E-state index in [9.17, 15) is 0 Å². The molecule has 0 bridgehead atoms. The second-order valence-corrected chi connectivity index (χ2v) is 6.84. The Balaban J connectivity index is 2.16. The Morgan fingerprint density at radius 2 is 1.94 bits per heavy atom. The van der Waals surface area contributed by atoms with Crippen LogP contribution >= 0.6 is 15.9 Å². The maximum absolute atomic E-state index is 6.66. The number of benzene rings is 1. The first-order chi connectivity index (χ1) is 8.54. The van der Waals surface area contributed by atoms with Gasteiger partial charge in [-0.3, -0.25) is 0 Å². The van der Waals surface area contributed by atoms with Gasteiger partial charge in [-0.25, -0.2) is 0 Å². The Labute approximate surface area is 119 Å². The molecule has 0 heterocycles. The molecule has 1 fully saturated rings. The minimum absolute atomic E-state index is 0.186. The fraction of sp³-hybridized carbons (Fsp3) is 0.625. The molecule has 100 valence electrons. The monoisotopic (exact) mass is 309 g/mol. The summed E-state index contributed by atoms with van der Waals surface area (Å²) < 4.78 is 1.12. The van der Waals surface area contributed by atoms with E-state index in [0.717, 1.165) is 10.4 Å². The van der Waals surface area contributed by atoms with Gasteiger partial charge in [-0.15, -0.1) is 0 Å². The highest BCUT2D eigenvalue weighted by Crippen LogP contribution is 2.40. The summed E-state index contributed by atoms with van der Waals surface area (Å²) in [5.41, 5.74) is 7.75. The van der Waals surface area contributed by atoms with E-state index in [1.54, 1.807) is 0 Å². The number of rotatable bonds is 3. The van der Waals surface area contributed by atoms with Crippen molar-refractivity contribution in [1.29, 1.82) is 0 Å². The highest BCUT2D eigenvalue weighted by Gasteiger charge is 2.35. The Kier molecular flexibility index (Phi) is 4.50. The fourth-order valence-electron chi connectivity index (χ4n) is 3.25. The summed E-state index contributed by atoms with van der Waals surface area (Å²) in [4.78, 5) is 0. The predicted molar refractivity (Wildman–Crippen MR) is 81.4 cm³/mol. The van der Waals surface area contributed by atoms with E-state index in [0.29, 0.717) is 5.92 Å². The van der Waals surface area contributed by atoms with Crippen LogP contribution in [0.25, 0.3) is 0 Å². The van der Waals surface area contributed by atoms with Crippen molar-refractivity contribution in [3.8, 4) is 0 Å². The molecule has 2 rings (SSSR count). The van der Waals surface area contributed by atoms with Crippen LogP contribution in [0.3, 0.4) is 0 Å². The van der Waals surface area contributed by atoms with Crippen LogP contribution in [0.2, 0.25) is 0 Å². The van der Waals surface area contributed by atoms with Gasteiger partial charge in [0.2, 0.25) is 0 Å². The molecular formula is C16H24BrN. The van der Waals surface area contributed by atoms with Gasteiger partial charge in [-0.1, -0.05) is 54.2 Å². The Morgan fingerprint density at radius 3 is 2.56 bits per heavy atom. The van der Waals surface area contributed by atoms with Gasteiger partial charge in [0.05, 0.1) is 0 Å². The molecule has 3 atom stereocenters. The summed E-state index contributed by atoms with van der Waals surface area (Å²) in [6.45, 7) is 4.51. The summed E-state index contributed by atoms with van der Waals surface area (Å²) in [5.74, 6) is 1.50. The third-order valence-corrected chi connectivity index (χ3v) is 5.20. The second kappa shape index (κ2) is 5.75. The molecule has 1 aliphatic rings. The molecule has 0 radical (unpaired) electrons. The van der Waals surface area contributed by atoms with Gasteiger partial charge in [-0.2, -0.15) is 0 Å². The lowest BCUT2D eigenvalue weighted by Crippen LogP contribution is -2.43. The fourth-order valence-corrected chi connectivity index (χ4v) is 3.52. The molecule has 1 aromatic rings. The van der Waals surface area contributed by atoms with E-state index in [1.807, 2.05) is 0 Å². The van der Waals surface area contributed by atoms with Gasteiger partial charge < -0.3 is 5.73 Å². The molecule has 1 aliphatic carbocycles. The maximum Gasteiger partial charge on any atom is 0.0409 e. The SMILES string of the molecule is CCC1CCCC(C(C)(N)c2ccc(Br)cc2)C1. The molecule has 3 unspecified atom stereocenters. The molecule has 0 aliphatic heterocycles. The van der Waals surface area contributed by atoms with E-state index < -0.39 is 0 Å². The van der Waals surface area contributed by atoms with Crippen molar-refractivity contribution in [3.05, 3.63) is 34.3 Å². The Bertz CT molecular complexity index is 383. The van der Waals surface area contributed by atoms with Gasteiger partial charge in [-0.05, 0) is 49.3 Å². The van der Waals surface area contributed by atoms with Crippen LogP contribution in [0.4, 0.5) is 0 Å². The number of hydrogen-bond acceptors (Lipinski definition) is 1. The van der Waals surface area contributed by atoms with Crippen molar-refractivity contribution in [2.45, 2.75) is 51.5 Å². The molecule has 0 spiro atoms. The topological polar surface area (TPSA) is 26.0 Å². The van der Waals surface area contributed by atoms with E-state index in [1.165, 1.54) is 37.7 Å². The first kappa shape index (κ1) is 14.1. The largest absolute Gasteiger partial charge is 0.321 e. The molecule has 1 nitrogen and oxygen atoms in total. The third-order valence-electron chi connectivity index (χ3n) is 4.67. The normalized spacial score (nSPS) is 27.8. The molecule has 1 saturated carbocycles. The van der Waals surface area contributed by atoms with Crippen LogP contribution in [-0.4, -0.2) is 0 Å². The van der Waals surface area contributed by atoms with E-state index in [4.69, 9.17) is 5.73 Å². The van der Waals surface area contributed by atoms with E-state index >= 15 is 0 Å². The molecule has 2 heteroatoms. The maximum atomic E-state index is 6.66. The van der Waals surface area contributed by atoms with Crippen LogP contribution in [0, 0.1) is 11.8 Å². The number of hydrogen-bond donors (Lipinski definition) is 1. The van der Waals surface area contributed by atoms with Gasteiger partial charge in [0.25, 0.3) is 0 Å². The number of nitrogens with two attached hydrogens (primary N) is 1.